The van der Waals surface area contributed by atoms with Gasteiger partial charge < -0.3 is 10.1 Å². The van der Waals surface area contributed by atoms with Crippen molar-refractivity contribution >= 4 is 17.4 Å². The molecule has 1 fully saturated rings. The van der Waals surface area contributed by atoms with Crippen molar-refractivity contribution in [2.45, 2.75) is 32.4 Å². The van der Waals surface area contributed by atoms with E-state index in [1.54, 1.807) is 25.1 Å². The van der Waals surface area contributed by atoms with Crippen LogP contribution in [0.2, 0.25) is 0 Å². The van der Waals surface area contributed by atoms with Crippen LogP contribution in [0.25, 0.3) is 5.76 Å². The molecule has 162 valence electrons. The Kier molecular flexibility index (Phi) is 7.56. The molecule has 7 heteroatoms. The molecule has 0 bridgehead atoms. The van der Waals surface area contributed by atoms with Gasteiger partial charge in [-0.1, -0.05) is 49.0 Å². The predicted octanol–water partition coefficient (Wildman–Crippen LogP) is 4.27. The molecule has 1 N–H and O–H groups in total. The van der Waals surface area contributed by atoms with E-state index in [1.807, 2.05) is 18.2 Å². The van der Waals surface area contributed by atoms with Crippen LogP contribution < -0.4 is 5.32 Å². The van der Waals surface area contributed by atoms with Crippen molar-refractivity contribution in [1.82, 2.24) is 10.2 Å². The number of benzene rings is 2. The molecule has 31 heavy (non-hydrogen) atoms. The van der Waals surface area contributed by atoms with Gasteiger partial charge in [0.1, 0.15) is 5.76 Å². The highest BCUT2D eigenvalue weighted by Gasteiger charge is 2.23. The van der Waals surface area contributed by atoms with E-state index in [-0.39, 0.29) is 29.2 Å². The second-order valence-electron chi connectivity index (χ2n) is 7.52. The maximum Gasteiger partial charge on any atom is 0.286 e. The average molecular weight is 421 g/mol. The minimum atomic E-state index is -0.482. The van der Waals surface area contributed by atoms with E-state index in [2.05, 4.69) is 28.9 Å². The number of allylic oxidation sites excluding steroid dienone is 1. The second kappa shape index (κ2) is 10.5. The van der Waals surface area contributed by atoms with Crippen molar-refractivity contribution in [2.24, 2.45) is 0 Å². The Bertz CT molecular complexity index is 972. The highest BCUT2D eigenvalue weighted by atomic mass is 16.6. The minimum absolute atomic E-state index is 0.0228. The van der Waals surface area contributed by atoms with Gasteiger partial charge in [0.25, 0.3) is 11.6 Å². The molecule has 1 unspecified atom stereocenters. The number of amides is 1. The number of ether oxygens (including phenoxy) is 1. The van der Waals surface area contributed by atoms with Gasteiger partial charge >= 0.3 is 0 Å². The fourth-order valence-electron chi connectivity index (χ4n) is 3.64. The van der Waals surface area contributed by atoms with E-state index in [1.165, 1.54) is 17.7 Å². The maximum atomic E-state index is 12.8. The molecule has 0 saturated carbocycles. The summed E-state index contributed by atoms with van der Waals surface area (Å²) in [7, 11) is 0. The lowest BCUT2D eigenvalue weighted by Gasteiger charge is -2.33. The lowest BCUT2D eigenvalue weighted by molar-refractivity contribution is -0.384. The van der Waals surface area contributed by atoms with Gasteiger partial charge in [-0.2, -0.15) is 0 Å². The summed E-state index contributed by atoms with van der Waals surface area (Å²) in [6, 6.07) is 16.3. The molecule has 7 nitrogen and oxygen atoms in total. The van der Waals surface area contributed by atoms with Crippen LogP contribution in [-0.4, -0.2) is 34.9 Å². The Balaban J connectivity index is 1.57. The zero-order chi connectivity index (χ0) is 22.2. The Morgan fingerprint density at radius 2 is 2.06 bits per heavy atom. The second-order valence-corrected chi connectivity index (χ2v) is 7.52. The number of rotatable bonds is 8. The molecule has 0 aromatic heterocycles. The molecule has 3 rings (SSSR count). The number of hydrogen-bond donors (Lipinski definition) is 1. The van der Waals surface area contributed by atoms with E-state index < -0.39 is 4.92 Å². The van der Waals surface area contributed by atoms with Gasteiger partial charge in [0, 0.05) is 36.8 Å². The third kappa shape index (κ3) is 6.26. The zero-order valence-corrected chi connectivity index (χ0v) is 17.6. The number of carbonyl (C=O) groups is 1. The number of nitrogens with zero attached hydrogens (tertiary/aromatic N) is 2. The quantitative estimate of drug-likeness (QED) is 0.298. The minimum Gasteiger partial charge on any atom is -0.452 e. The molecule has 2 aromatic carbocycles. The first-order valence-electron chi connectivity index (χ1n) is 10.3. The molecule has 1 heterocycles. The summed E-state index contributed by atoms with van der Waals surface area (Å²) in [6.45, 7) is 8.15. The zero-order valence-electron chi connectivity index (χ0n) is 17.6. The normalized spacial score (nSPS) is 17.1. The fourth-order valence-corrected chi connectivity index (χ4v) is 3.64. The molecule has 1 amide bonds. The topological polar surface area (TPSA) is 84.7 Å². The Morgan fingerprint density at radius 1 is 1.29 bits per heavy atom. The third-order valence-corrected chi connectivity index (χ3v) is 5.19. The molecular formula is C24H27N3O4. The van der Waals surface area contributed by atoms with Crippen LogP contribution in [0.5, 0.6) is 0 Å². The van der Waals surface area contributed by atoms with Crippen LogP contribution in [-0.2, 0) is 16.1 Å². The lowest BCUT2D eigenvalue weighted by atomic mass is 10.0. The highest BCUT2D eigenvalue weighted by Crippen LogP contribution is 2.22. The van der Waals surface area contributed by atoms with E-state index in [0.29, 0.717) is 5.56 Å². The van der Waals surface area contributed by atoms with Crippen LogP contribution in [0.4, 0.5) is 5.69 Å². The van der Waals surface area contributed by atoms with Crippen molar-refractivity contribution in [1.29, 1.82) is 0 Å². The number of nitro groups is 1. The number of carbonyl (C=O) groups excluding carboxylic acids is 1. The van der Waals surface area contributed by atoms with Gasteiger partial charge in [-0.15, -0.1) is 0 Å². The van der Waals surface area contributed by atoms with E-state index >= 15 is 0 Å². The molecule has 0 spiro atoms. The average Bonchev–Trinajstić information content (AvgIpc) is 2.78. The molecule has 1 aliphatic rings. The monoisotopic (exact) mass is 421 g/mol. The summed E-state index contributed by atoms with van der Waals surface area (Å²) in [5, 5.41) is 14.0. The number of likely N-dealkylation sites (tertiary alicyclic amines) is 1. The summed E-state index contributed by atoms with van der Waals surface area (Å²) in [5.41, 5.74) is 1.64. The van der Waals surface area contributed by atoms with Crippen LogP contribution in [0.15, 0.2) is 73.0 Å². The van der Waals surface area contributed by atoms with E-state index in [0.717, 1.165) is 32.5 Å². The summed E-state index contributed by atoms with van der Waals surface area (Å²) in [4.78, 5) is 25.6. The Labute approximate surface area is 182 Å². The fraction of sp³-hybridized carbons (Fsp3) is 0.292. The van der Waals surface area contributed by atoms with Crippen LogP contribution in [0, 0.1) is 10.1 Å². The third-order valence-electron chi connectivity index (χ3n) is 5.19. The highest BCUT2D eigenvalue weighted by molar-refractivity contribution is 5.92. The molecule has 1 saturated heterocycles. The first kappa shape index (κ1) is 22.2. The van der Waals surface area contributed by atoms with Crippen molar-refractivity contribution in [2.75, 3.05) is 13.1 Å². The molecule has 1 aliphatic heterocycles. The first-order chi connectivity index (χ1) is 15.0. The van der Waals surface area contributed by atoms with Crippen molar-refractivity contribution in [3.8, 4) is 0 Å². The standard InChI is InChI=1S/C24H27N3O4/c1-3-23(31-18(2)20-11-7-13-22(15-20)27(29)30)24(28)25-21-12-8-14-26(17-21)16-19-9-5-4-6-10-19/h3-7,9-11,13,15,21H,2,8,12,14,16-17H2,1H3,(H,25,28)/b23-3-. The summed E-state index contributed by atoms with van der Waals surface area (Å²) in [5.74, 6) is -0.0152. The maximum absolute atomic E-state index is 12.8. The van der Waals surface area contributed by atoms with Crippen LogP contribution >= 0.6 is 0 Å². The van der Waals surface area contributed by atoms with Crippen molar-refractivity contribution in [3.63, 3.8) is 0 Å². The van der Waals surface area contributed by atoms with Gasteiger partial charge in [-0.05, 0) is 37.9 Å². The largest absolute Gasteiger partial charge is 0.452 e. The van der Waals surface area contributed by atoms with Crippen molar-refractivity contribution < 1.29 is 14.5 Å². The van der Waals surface area contributed by atoms with Crippen LogP contribution in [0.3, 0.4) is 0 Å². The number of nitrogens with one attached hydrogen (secondary N) is 1. The smallest absolute Gasteiger partial charge is 0.286 e. The summed E-state index contributed by atoms with van der Waals surface area (Å²) < 4.78 is 5.66. The summed E-state index contributed by atoms with van der Waals surface area (Å²) in [6.07, 6.45) is 3.48. The molecular weight excluding hydrogens is 394 g/mol. The predicted molar refractivity (Wildman–Crippen MR) is 120 cm³/mol. The number of hydrogen-bond acceptors (Lipinski definition) is 5. The molecule has 1 atom stereocenters. The van der Waals surface area contributed by atoms with Gasteiger partial charge in [0.05, 0.1) is 4.92 Å². The lowest BCUT2D eigenvalue weighted by Crippen LogP contribution is -2.47. The molecule has 0 aliphatic carbocycles. The SMILES string of the molecule is C=C(O/C(=C\C)C(=O)NC1CCCN(Cc2ccccc2)C1)c1cccc([N+](=O)[O-])c1. The Morgan fingerprint density at radius 3 is 2.77 bits per heavy atom. The number of nitro benzene ring substituents is 1. The van der Waals surface area contributed by atoms with Gasteiger partial charge in [-0.25, -0.2) is 0 Å². The number of non-ortho nitro benzene ring substituents is 1. The van der Waals surface area contributed by atoms with Gasteiger partial charge in [-0.3, -0.25) is 19.8 Å². The van der Waals surface area contributed by atoms with Gasteiger partial charge in [0.2, 0.25) is 0 Å². The molecule has 2 aromatic rings. The molecule has 0 radical (unpaired) electrons. The summed E-state index contributed by atoms with van der Waals surface area (Å²) >= 11 is 0. The number of piperidine rings is 1. The van der Waals surface area contributed by atoms with Crippen molar-refractivity contribution in [3.05, 3.63) is 94.3 Å². The van der Waals surface area contributed by atoms with E-state index in [9.17, 15) is 14.9 Å². The van der Waals surface area contributed by atoms with E-state index in [4.69, 9.17) is 4.74 Å². The Hall–Kier alpha value is -3.45. The first-order valence-corrected chi connectivity index (χ1v) is 10.3. The van der Waals surface area contributed by atoms with Crippen LogP contribution in [0.1, 0.15) is 30.9 Å². The van der Waals surface area contributed by atoms with Gasteiger partial charge in [0.15, 0.2) is 5.76 Å².